The van der Waals surface area contributed by atoms with Crippen molar-refractivity contribution in [2.45, 2.75) is 31.2 Å². The molecule has 1 atom stereocenters. The lowest BCUT2D eigenvalue weighted by Gasteiger charge is -2.12. The van der Waals surface area contributed by atoms with Gasteiger partial charge in [0.15, 0.2) is 16.8 Å². The molecule has 0 radical (unpaired) electrons. The number of rotatable bonds is 6. The molecule has 0 aliphatic carbocycles. The number of benzene rings is 2. The van der Waals surface area contributed by atoms with Crippen LogP contribution in [0.3, 0.4) is 0 Å². The van der Waals surface area contributed by atoms with Gasteiger partial charge in [-0.05, 0) is 38.5 Å². The third kappa shape index (κ3) is 4.31. The second-order valence-corrected chi connectivity index (χ2v) is 7.87. The summed E-state index contributed by atoms with van der Waals surface area (Å²) in [7, 11) is 1.89. The molecule has 0 spiro atoms. The van der Waals surface area contributed by atoms with Gasteiger partial charge in [0.2, 0.25) is 5.91 Å². The zero-order valence-electron chi connectivity index (χ0n) is 16.3. The highest BCUT2D eigenvalue weighted by atomic mass is 32.2. The van der Waals surface area contributed by atoms with Crippen molar-refractivity contribution in [2.24, 2.45) is 7.05 Å². The van der Waals surface area contributed by atoms with Gasteiger partial charge in [-0.2, -0.15) is 0 Å². The quantitative estimate of drug-likeness (QED) is 0.503. The summed E-state index contributed by atoms with van der Waals surface area (Å²) in [5, 5.41) is 11.7. The fourth-order valence-electron chi connectivity index (χ4n) is 2.75. The van der Waals surface area contributed by atoms with Crippen LogP contribution in [-0.2, 0) is 11.8 Å². The van der Waals surface area contributed by atoms with E-state index in [1.807, 2.05) is 49.7 Å². The second-order valence-electron chi connectivity index (χ2n) is 6.57. The number of amides is 1. The number of nitrogens with one attached hydrogen (secondary N) is 1. The van der Waals surface area contributed by atoms with Crippen LogP contribution in [0.5, 0.6) is 0 Å². The van der Waals surface area contributed by atoms with Crippen LogP contribution in [0.2, 0.25) is 0 Å². The lowest BCUT2D eigenvalue weighted by molar-refractivity contribution is -0.115. The Labute approximate surface area is 168 Å². The lowest BCUT2D eigenvalue weighted by Crippen LogP contribution is -2.23. The predicted molar refractivity (Wildman–Crippen MR) is 112 cm³/mol. The average Bonchev–Trinajstić information content (AvgIpc) is 3.02. The van der Waals surface area contributed by atoms with Crippen LogP contribution in [0.1, 0.15) is 29.8 Å². The van der Waals surface area contributed by atoms with Crippen molar-refractivity contribution < 1.29 is 9.59 Å². The third-order valence-electron chi connectivity index (χ3n) is 4.41. The Morgan fingerprint density at radius 1 is 1.11 bits per heavy atom. The molecule has 1 amide bonds. The molecule has 3 rings (SSSR count). The summed E-state index contributed by atoms with van der Waals surface area (Å²) in [6, 6.07) is 14.9. The van der Waals surface area contributed by atoms with E-state index in [2.05, 4.69) is 15.5 Å². The molecule has 2 aromatic carbocycles. The molecule has 1 unspecified atom stereocenters. The number of carbonyl (C=O) groups excluding carboxylic acids is 2. The second kappa shape index (κ2) is 8.39. The van der Waals surface area contributed by atoms with Gasteiger partial charge < -0.3 is 9.88 Å². The summed E-state index contributed by atoms with van der Waals surface area (Å²) in [5.41, 5.74) is 3.30. The first-order valence-electron chi connectivity index (χ1n) is 8.90. The van der Waals surface area contributed by atoms with E-state index in [0.717, 1.165) is 17.0 Å². The maximum atomic E-state index is 12.6. The molecular formula is C21H22N4O2S. The maximum absolute atomic E-state index is 12.6. The fraction of sp³-hybridized carbons (Fsp3) is 0.238. The Kier molecular flexibility index (Phi) is 5.94. The molecule has 0 bridgehead atoms. The van der Waals surface area contributed by atoms with Gasteiger partial charge in [-0.3, -0.25) is 9.59 Å². The van der Waals surface area contributed by atoms with E-state index in [9.17, 15) is 9.59 Å². The van der Waals surface area contributed by atoms with E-state index in [1.54, 1.807) is 24.3 Å². The Morgan fingerprint density at radius 2 is 1.86 bits per heavy atom. The molecule has 0 fully saturated rings. The monoisotopic (exact) mass is 394 g/mol. The molecule has 28 heavy (non-hydrogen) atoms. The van der Waals surface area contributed by atoms with Crippen molar-refractivity contribution in [2.75, 3.05) is 5.32 Å². The van der Waals surface area contributed by atoms with Crippen LogP contribution in [0.15, 0.2) is 53.7 Å². The van der Waals surface area contributed by atoms with E-state index in [0.29, 0.717) is 16.4 Å². The highest BCUT2D eigenvalue weighted by molar-refractivity contribution is 8.00. The molecule has 0 aliphatic heterocycles. The molecule has 7 heteroatoms. The highest BCUT2D eigenvalue weighted by Gasteiger charge is 2.20. The summed E-state index contributed by atoms with van der Waals surface area (Å²) in [6.07, 6.45) is 0. The van der Waals surface area contributed by atoms with Crippen LogP contribution >= 0.6 is 11.8 Å². The number of nitrogens with zero attached hydrogens (tertiary/aromatic N) is 3. The third-order valence-corrected chi connectivity index (χ3v) is 5.54. The van der Waals surface area contributed by atoms with Crippen molar-refractivity contribution in [1.29, 1.82) is 0 Å². The number of hydrogen-bond acceptors (Lipinski definition) is 5. The van der Waals surface area contributed by atoms with Crippen molar-refractivity contribution in [3.63, 3.8) is 0 Å². The van der Waals surface area contributed by atoms with Gasteiger partial charge in [0.05, 0.1) is 5.25 Å². The minimum atomic E-state index is -0.381. The number of anilines is 1. The van der Waals surface area contributed by atoms with Crippen molar-refractivity contribution >= 4 is 29.1 Å². The average molecular weight is 395 g/mol. The van der Waals surface area contributed by atoms with E-state index in [1.165, 1.54) is 18.7 Å². The van der Waals surface area contributed by atoms with Gasteiger partial charge >= 0.3 is 0 Å². The van der Waals surface area contributed by atoms with Gasteiger partial charge in [-0.1, -0.05) is 48.2 Å². The molecule has 0 saturated heterocycles. The predicted octanol–water partition coefficient (Wildman–Crippen LogP) is 4.11. The van der Waals surface area contributed by atoms with Crippen molar-refractivity contribution in [3.8, 4) is 11.4 Å². The first-order chi connectivity index (χ1) is 13.4. The molecule has 1 heterocycles. The van der Waals surface area contributed by atoms with E-state index >= 15 is 0 Å². The van der Waals surface area contributed by atoms with Gasteiger partial charge in [-0.15, -0.1) is 10.2 Å². The smallest absolute Gasteiger partial charge is 0.237 e. The minimum Gasteiger partial charge on any atom is -0.325 e. The molecule has 1 aromatic heterocycles. The van der Waals surface area contributed by atoms with Crippen LogP contribution in [-0.4, -0.2) is 31.7 Å². The van der Waals surface area contributed by atoms with Crippen molar-refractivity contribution in [1.82, 2.24) is 14.8 Å². The molecular weight excluding hydrogens is 372 g/mol. The van der Waals surface area contributed by atoms with Gasteiger partial charge in [0.25, 0.3) is 0 Å². The van der Waals surface area contributed by atoms with Crippen LogP contribution in [0.4, 0.5) is 5.69 Å². The lowest BCUT2D eigenvalue weighted by atomic mass is 10.1. The largest absolute Gasteiger partial charge is 0.325 e. The highest BCUT2D eigenvalue weighted by Crippen LogP contribution is 2.27. The normalized spacial score (nSPS) is 11.9. The fourth-order valence-corrected chi connectivity index (χ4v) is 3.56. The van der Waals surface area contributed by atoms with Crippen LogP contribution < -0.4 is 5.32 Å². The molecule has 1 N–H and O–H groups in total. The van der Waals surface area contributed by atoms with Crippen LogP contribution in [0.25, 0.3) is 11.4 Å². The maximum Gasteiger partial charge on any atom is 0.237 e. The summed E-state index contributed by atoms with van der Waals surface area (Å²) < 4.78 is 1.90. The summed E-state index contributed by atoms with van der Waals surface area (Å²) in [5.74, 6) is 0.565. The topological polar surface area (TPSA) is 76.9 Å². The number of thioether (sulfide) groups is 1. The van der Waals surface area contributed by atoms with Gasteiger partial charge in [-0.25, -0.2) is 0 Å². The number of ketones is 1. The number of aromatic nitrogens is 3. The van der Waals surface area contributed by atoms with Gasteiger partial charge in [0, 0.05) is 23.9 Å². The standard InChI is InChI=1S/C21H22N4O2S/c1-13-8-5-6-11-18(13)19-23-24-21(25(19)4)28-15(3)20(27)22-17-10-7-9-16(12-17)14(2)26/h5-12,15H,1-4H3,(H,22,27). The number of hydrogen-bond donors (Lipinski definition) is 1. The first kappa shape index (κ1) is 19.8. The summed E-state index contributed by atoms with van der Waals surface area (Å²) in [6.45, 7) is 5.35. The van der Waals surface area contributed by atoms with E-state index < -0.39 is 0 Å². The number of carbonyl (C=O) groups is 2. The molecule has 144 valence electrons. The van der Waals surface area contributed by atoms with Crippen molar-refractivity contribution in [3.05, 3.63) is 59.7 Å². The molecule has 0 aliphatic rings. The molecule has 3 aromatic rings. The van der Waals surface area contributed by atoms with Crippen LogP contribution in [0, 0.1) is 6.92 Å². The SMILES string of the molecule is CC(=O)c1cccc(NC(=O)C(C)Sc2nnc(-c3ccccc3C)n2C)c1. The number of Topliss-reactive ketones (excluding diaryl/α,β-unsaturated/α-hetero) is 1. The first-order valence-corrected chi connectivity index (χ1v) is 9.78. The number of aryl methyl sites for hydroxylation is 1. The Morgan fingerprint density at radius 3 is 2.57 bits per heavy atom. The zero-order valence-corrected chi connectivity index (χ0v) is 17.1. The Balaban J connectivity index is 1.72. The van der Waals surface area contributed by atoms with E-state index in [4.69, 9.17) is 0 Å². The minimum absolute atomic E-state index is 0.0404. The van der Waals surface area contributed by atoms with Gasteiger partial charge in [0.1, 0.15) is 0 Å². The Hall–Kier alpha value is -2.93. The molecule has 0 saturated carbocycles. The summed E-state index contributed by atoms with van der Waals surface area (Å²) >= 11 is 1.34. The Bertz CT molecular complexity index is 1030. The van der Waals surface area contributed by atoms with E-state index in [-0.39, 0.29) is 16.9 Å². The zero-order chi connectivity index (χ0) is 20.3. The summed E-state index contributed by atoms with van der Waals surface area (Å²) in [4.78, 5) is 24.1. The molecule has 6 nitrogen and oxygen atoms in total.